The molecule has 150 valence electrons. The number of halogens is 4. The van der Waals surface area contributed by atoms with Crippen LogP contribution in [0.15, 0.2) is 46.9 Å². The number of Topliss-reactive ketones (excluding diaryl/α,β-unsaturated/α-hetero) is 1. The van der Waals surface area contributed by atoms with Gasteiger partial charge in [-0.1, -0.05) is 0 Å². The molecule has 1 N–H and O–H groups in total. The molecule has 3 rings (SSSR count). The summed E-state index contributed by atoms with van der Waals surface area (Å²) in [5.41, 5.74) is -0.741. The molecule has 0 atom stereocenters. The first-order valence-electron chi connectivity index (χ1n) is 8.23. The predicted octanol–water partition coefficient (Wildman–Crippen LogP) is 4.87. The summed E-state index contributed by atoms with van der Waals surface area (Å²) in [4.78, 5) is 23.3. The first-order chi connectivity index (χ1) is 13.8. The third-order valence-corrected chi connectivity index (χ3v) is 3.88. The lowest BCUT2D eigenvalue weighted by Crippen LogP contribution is -2.15. The maximum Gasteiger partial charge on any atom is 0.291 e. The van der Waals surface area contributed by atoms with Crippen LogP contribution in [0.4, 0.5) is 23.2 Å². The van der Waals surface area contributed by atoms with E-state index < -0.39 is 34.9 Å². The van der Waals surface area contributed by atoms with E-state index in [9.17, 15) is 27.2 Å². The largest absolute Gasteiger partial charge is 0.486 e. The van der Waals surface area contributed by atoms with Crippen LogP contribution in [0.5, 0.6) is 5.75 Å². The third kappa shape index (κ3) is 4.45. The Morgan fingerprint density at radius 1 is 0.966 bits per heavy atom. The Labute approximate surface area is 161 Å². The second-order valence-electron chi connectivity index (χ2n) is 5.93. The van der Waals surface area contributed by atoms with Gasteiger partial charge in [-0.05, 0) is 43.3 Å². The number of furan rings is 1. The van der Waals surface area contributed by atoms with Gasteiger partial charge >= 0.3 is 0 Å². The molecule has 1 amide bonds. The van der Waals surface area contributed by atoms with Gasteiger partial charge in [-0.2, -0.15) is 0 Å². The van der Waals surface area contributed by atoms with Gasteiger partial charge in [0.15, 0.2) is 34.8 Å². The van der Waals surface area contributed by atoms with Gasteiger partial charge in [-0.15, -0.1) is 0 Å². The minimum atomic E-state index is -1.73. The molecule has 0 spiro atoms. The van der Waals surface area contributed by atoms with E-state index in [0.717, 1.165) is 0 Å². The van der Waals surface area contributed by atoms with Crippen molar-refractivity contribution in [2.24, 2.45) is 0 Å². The second-order valence-corrected chi connectivity index (χ2v) is 5.93. The number of carbonyl (C=O) groups is 2. The van der Waals surface area contributed by atoms with Gasteiger partial charge < -0.3 is 14.5 Å². The number of nitrogens with one attached hydrogen (secondary N) is 1. The number of anilines is 1. The summed E-state index contributed by atoms with van der Waals surface area (Å²) >= 11 is 0. The smallest absolute Gasteiger partial charge is 0.291 e. The molecule has 2 aromatic carbocycles. The lowest BCUT2D eigenvalue weighted by Gasteiger charge is -2.08. The summed E-state index contributed by atoms with van der Waals surface area (Å²) in [6, 6.07) is 8.95. The lowest BCUT2D eigenvalue weighted by molar-refractivity contribution is 0.0989. The first-order valence-corrected chi connectivity index (χ1v) is 8.23. The number of carbonyl (C=O) groups excluding carboxylic acids is 2. The van der Waals surface area contributed by atoms with E-state index in [1.54, 1.807) is 29.6 Å². The van der Waals surface area contributed by atoms with Crippen LogP contribution >= 0.6 is 0 Å². The zero-order valence-corrected chi connectivity index (χ0v) is 14.9. The van der Waals surface area contributed by atoms with Crippen molar-refractivity contribution in [2.75, 3.05) is 5.32 Å². The highest BCUT2D eigenvalue weighted by Crippen LogP contribution is 2.25. The molecule has 9 heteroatoms. The maximum absolute atomic E-state index is 13.6. The highest BCUT2D eigenvalue weighted by atomic mass is 19.2. The summed E-state index contributed by atoms with van der Waals surface area (Å²) in [7, 11) is 0. The zero-order chi connectivity index (χ0) is 21.1. The highest BCUT2D eigenvalue weighted by molar-refractivity contribution is 6.02. The Kier molecular flexibility index (Phi) is 5.67. The van der Waals surface area contributed by atoms with Crippen molar-refractivity contribution in [1.82, 2.24) is 0 Å². The van der Waals surface area contributed by atoms with E-state index in [4.69, 9.17) is 9.15 Å². The van der Waals surface area contributed by atoms with Crippen LogP contribution in [-0.4, -0.2) is 11.7 Å². The molecule has 0 aliphatic carbocycles. The molecular weight excluding hydrogens is 394 g/mol. The van der Waals surface area contributed by atoms with Crippen molar-refractivity contribution < 1.29 is 36.3 Å². The van der Waals surface area contributed by atoms with Crippen LogP contribution in [-0.2, 0) is 6.61 Å². The molecule has 0 fully saturated rings. The van der Waals surface area contributed by atoms with Gasteiger partial charge in [0.25, 0.3) is 5.91 Å². The van der Waals surface area contributed by atoms with E-state index in [1.807, 2.05) is 0 Å². The number of ketones is 1. The van der Waals surface area contributed by atoms with E-state index in [-0.39, 0.29) is 30.0 Å². The monoisotopic (exact) mass is 407 g/mol. The molecule has 0 bridgehead atoms. The molecule has 3 aromatic rings. The number of hydrogen-bond donors (Lipinski definition) is 1. The van der Waals surface area contributed by atoms with E-state index in [0.29, 0.717) is 11.3 Å². The number of amides is 1. The van der Waals surface area contributed by atoms with Gasteiger partial charge in [0.1, 0.15) is 23.8 Å². The standard InChI is InChI=1S/C20H13F4NO4/c1-10(26)11-2-4-12(5-3-11)28-9-13-6-7-16(29-13)20(27)25-19-17(23)14(21)8-15(22)18(19)24/h2-8H,9H2,1H3,(H,25,27). The maximum atomic E-state index is 13.6. The SMILES string of the molecule is CC(=O)c1ccc(OCc2ccc(C(=O)Nc3c(F)c(F)cc(F)c3F)o2)cc1. The number of benzene rings is 2. The Balaban J connectivity index is 1.67. The van der Waals surface area contributed by atoms with Gasteiger partial charge in [-0.3, -0.25) is 9.59 Å². The topological polar surface area (TPSA) is 68.5 Å². The van der Waals surface area contributed by atoms with Crippen molar-refractivity contribution in [3.63, 3.8) is 0 Å². The van der Waals surface area contributed by atoms with Crippen molar-refractivity contribution >= 4 is 17.4 Å². The summed E-state index contributed by atoms with van der Waals surface area (Å²) in [6.07, 6.45) is 0. The van der Waals surface area contributed by atoms with E-state index in [2.05, 4.69) is 0 Å². The van der Waals surface area contributed by atoms with Crippen LogP contribution in [0.1, 0.15) is 33.6 Å². The van der Waals surface area contributed by atoms with Crippen LogP contribution in [0, 0.1) is 23.3 Å². The molecule has 0 aliphatic heterocycles. The Bertz CT molecular complexity index is 1050. The van der Waals surface area contributed by atoms with Crippen molar-refractivity contribution in [1.29, 1.82) is 0 Å². The van der Waals surface area contributed by atoms with Crippen LogP contribution < -0.4 is 10.1 Å². The van der Waals surface area contributed by atoms with Gasteiger partial charge in [0, 0.05) is 11.6 Å². The van der Waals surface area contributed by atoms with Crippen molar-refractivity contribution in [3.05, 3.63) is 82.8 Å². The molecule has 5 nitrogen and oxygen atoms in total. The fraction of sp³-hybridized carbons (Fsp3) is 0.100. The molecule has 0 saturated carbocycles. The molecular formula is C20H13F4NO4. The Morgan fingerprint density at radius 2 is 1.59 bits per heavy atom. The molecule has 0 unspecified atom stereocenters. The van der Waals surface area contributed by atoms with Crippen LogP contribution in [0.3, 0.4) is 0 Å². The van der Waals surface area contributed by atoms with Crippen LogP contribution in [0.2, 0.25) is 0 Å². The minimum Gasteiger partial charge on any atom is -0.486 e. The van der Waals surface area contributed by atoms with Crippen molar-refractivity contribution in [3.8, 4) is 5.75 Å². The van der Waals surface area contributed by atoms with E-state index in [1.165, 1.54) is 19.1 Å². The van der Waals surface area contributed by atoms with Gasteiger partial charge in [0.2, 0.25) is 0 Å². The van der Waals surface area contributed by atoms with Gasteiger partial charge in [0.05, 0.1) is 0 Å². The minimum absolute atomic E-state index is 0.0333. The average Bonchev–Trinajstić information content (AvgIpc) is 3.17. The van der Waals surface area contributed by atoms with Crippen molar-refractivity contribution in [2.45, 2.75) is 13.5 Å². The summed E-state index contributed by atoms with van der Waals surface area (Å²) in [6.45, 7) is 1.35. The number of rotatable bonds is 6. The van der Waals surface area contributed by atoms with E-state index >= 15 is 0 Å². The molecule has 1 heterocycles. The van der Waals surface area contributed by atoms with Gasteiger partial charge in [-0.25, -0.2) is 17.6 Å². The average molecular weight is 407 g/mol. The molecule has 29 heavy (non-hydrogen) atoms. The normalized spacial score (nSPS) is 10.7. The third-order valence-electron chi connectivity index (χ3n) is 3.88. The van der Waals surface area contributed by atoms with Crippen LogP contribution in [0.25, 0.3) is 0 Å². The molecule has 0 aliphatic rings. The highest BCUT2D eigenvalue weighted by Gasteiger charge is 2.22. The predicted molar refractivity (Wildman–Crippen MR) is 93.7 cm³/mol. The molecule has 1 aromatic heterocycles. The zero-order valence-electron chi connectivity index (χ0n) is 14.9. The number of hydrogen-bond acceptors (Lipinski definition) is 4. The summed E-state index contributed by atoms with van der Waals surface area (Å²) in [5, 5.41) is 1.74. The summed E-state index contributed by atoms with van der Waals surface area (Å²) in [5.74, 6) is -7.67. The lowest BCUT2D eigenvalue weighted by atomic mass is 10.1. The molecule has 0 radical (unpaired) electrons. The molecule has 0 saturated heterocycles. The second kappa shape index (κ2) is 8.17. The summed E-state index contributed by atoms with van der Waals surface area (Å²) < 4.78 is 64.4. The fourth-order valence-corrected chi connectivity index (χ4v) is 2.38. The number of ether oxygens (including phenoxy) is 1. The fourth-order valence-electron chi connectivity index (χ4n) is 2.38. The quantitative estimate of drug-likeness (QED) is 0.360. The first kappa shape index (κ1) is 20.1. The Hall–Kier alpha value is -3.62. The Morgan fingerprint density at radius 3 is 2.17 bits per heavy atom.